The molecule has 0 aliphatic carbocycles. The molecule has 0 spiro atoms. The summed E-state index contributed by atoms with van der Waals surface area (Å²) in [6.45, 7) is 5.38. The Labute approximate surface area is 120 Å². The molecule has 6 heteroatoms. The van der Waals surface area contributed by atoms with Crippen molar-refractivity contribution in [2.24, 2.45) is 0 Å². The molecule has 0 unspecified atom stereocenters. The largest absolute Gasteiger partial charge is 0.416 e. The Morgan fingerprint density at radius 1 is 1.25 bits per heavy atom. The van der Waals surface area contributed by atoms with Gasteiger partial charge in [0.05, 0.1) is 5.56 Å². The number of H-pyrrole nitrogens is 1. The third kappa shape index (κ3) is 2.65. The molecule has 2 nitrogen and oxygen atoms in total. The van der Waals surface area contributed by atoms with Crippen LogP contribution in [0, 0.1) is 11.7 Å². The SMILES string of the molecule is Cc1ccc(-n2c(C(C)C)c[nH]c2=S)cc1C(F)(F)F. The average molecular weight is 300 g/mol. The Hall–Kier alpha value is -1.56. The Morgan fingerprint density at radius 2 is 1.90 bits per heavy atom. The topological polar surface area (TPSA) is 20.7 Å². The molecule has 0 bridgehead atoms. The third-order valence-electron chi connectivity index (χ3n) is 3.18. The number of benzene rings is 1. The van der Waals surface area contributed by atoms with Crippen molar-refractivity contribution in [3.8, 4) is 5.69 Å². The van der Waals surface area contributed by atoms with Crippen LogP contribution < -0.4 is 0 Å². The van der Waals surface area contributed by atoms with Crippen LogP contribution in [0.2, 0.25) is 0 Å². The summed E-state index contributed by atoms with van der Waals surface area (Å²) < 4.78 is 41.0. The number of aromatic amines is 1. The zero-order valence-electron chi connectivity index (χ0n) is 11.4. The zero-order chi connectivity index (χ0) is 15.1. The second-order valence-electron chi connectivity index (χ2n) is 5.01. The lowest BCUT2D eigenvalue weighted by Gasteiger charge is -2.15. The van der Waals surface area contributed by atoms with Gasteiger partial charge < -0.3 is 4.98 Å². The second kappa shape index (κ2) is 5.09. The molecule has 1 aromatic carbocycles. The third-order valence-corrected chi connectivity index (χ3v) is 3.48. The molecular weight excluding hydrogens is 285 g/mol. The van der Waals surface area contributed by atoms with E-state index in [1.165, 1.54) is 13.0 Å². The molecule has 0 fully saturated rings. The van der Waals surface area contributed by atoms with Crippen LogP contribution in [0.5, 0.6) is 0 Å². The van der Waals surface area contributed by atoms with Crippen LogP contribution in [-0.2, 0) is 6.18 Å². The van der Waals surface area contributed by atoms with Crippen LogP contribution in [0.1, 0.15) is 36.6 Å². The first-order chi connectivity index (χ1) is 9.21. The smallest absolute Gasteiger partial charge is 0.337 e. The highest BCUT2D eigenvalue weighted by Gasteiger charge is 2.32. The first kappa shape index (κ1) is 14.8. The van der Waals surface area contributed by atoms with Crippen LogP contribution in [0.3, 0.4) is 0 Å². The van der Waals surface area contributed by atoms with Gasteiger partial charge in [-0.3, -0.25) is 4.57 Å². The fourth-order valence-electron chi connectivity index (χ4n) is 2.13. The highest BCUT2D eigenvalue weighted by Crippen LogP contribution is 2.33. The van der Waals surface area contributed by atoms with Gasteiger partial charge in [0.1, 0.15) is 0 Å². The minimum Gasteiger partial charge on any atom is -0.337 e. The number of nitrogens with zero attached hydrogens (tertiary/aromatic N) is 1. The van der Waals surface area contributed by atoms with Crippen molar-refractivity contribution in [1.29, 1.82) is 0 Å². The number of hydrogen-bond acceptors (Lipinski definition) is 1. The van der Waals surface area contributed by atoms with Crippen molar-refractivity contribution < 1.29 is 13.2 Å². The molecule has 0 atom stereocenters. The van der Waals surface area contributed by atoms with Crippen molar-refractivity contribution >= 4 is 12.2 Å². The minimum absolute atomic E-state index is 0.151. The van der Waals surface area contributed by atoms with E-state index in [-0.39, 0.29) is 11.5 Å². The van der Waals surface area contributed by atoms with Gasteiger partial charge in [-0.2, -0.15) is 13.2 Å². The molecule has 0 amide bonds. The van der Waals surface area contributed by atoms with E-state index in [0.29, 0.717) is 10.5 Å². The van der Waals surface area contributed by atoms with Gasteiger partial charge in [0.2, 0.25) is 0 Å². The maximum atomic E-state index is 13.0. The molecule has 1 heterocycles. The van der Waals surface area contributed by atoms with Gasteiger partial charge in [-0.05, 0) is 42.8 Å². The number of hydrogen-bond donors (Lipinski definition) is 1. The highest BCUT2D eigenvalue weighted by atomic mass is 32.1. The lowest BCUT2D eigenvalue weighted by molar-refractivity contribution is -0.138. The minimum atomic E-state index is -4.36. The maximum Gasteiger partial charge on any atom is 0.416 e. The summed E-state index contributed by atoms with van der Waals surface area (Å²) in [4.78, 5) is 2.89. The molecule has 2 rings (SSSR count). The van der Waals surface area contributed by atoms with E-state index < -0.39 is 11.7 Å². The lowest BCUT2D eigenvalue weighted by atomic mass is 10.1. The van der Waals surface area contributed by atoms with Gasteiger partial charge in [0, 0.05) is 17.6 Å². The number of alkyl halides is 3. The molecule has 0 aliphatic heterocycles. The molecule has 1 aromatic heterocycles. The quantitative estimate of drug-likeness (QED) is 0.775. The first-order valence-corrected chi connectivity index (χ1v) is 6.61. The molecule has 0 saturated heterocycles. The fourth-order valence-corrected chi connectivity index (χ4v) is 2.40. The van der Waals surface area contributed by atoms with Crippen molar-refractivity contribution in [2.75, 3.05) is 0 Å². The highest BCUT2D eigenvalue weighted by molar-refractivity contribution is 7.71. The van der Waals surface area contributed by atoms with Crippen LogP contribution in [0.25, 0.3) is 5.69 Å². The Morgan fingerprint density at radius 3 is 2.45 bits per heavy atom. The molecule has 0 saturated carbocycles. The van der Waals surface area contributed by atoms with Gasteiger partial charge in [-0.15, -0.1) is 0 Å². The predicted octanol–water partition coefficient (Wildman–Crippen LogP) is 4.99. The van der Waals surface area contributed by atoms with Crippen LogP contribution in [0.4, 0.5) is 13.2 Å². The molecule has 108 valence electrons. The van der Waals surface area contributed by atoms with Crippen LogP contribution >= 0.6 is 12.2 Å². The zero-order valence-corrected chi connectivity index (χ0v) is 12.2. The number of halogens is 3. The summed E-state index contributed by atoms with van der Waals surface area (Å²) >= 11 is 5.17. The van der Waals surface area contributed by atoms with Crippen molar-refractivity contribution in [2.45, 2.75) is 32.9 Å². The van der Waals surface area contributed by atoms with E-state index in [0.717, 1.165) is 11.8 Å². The summed E-state index contributed by atoms with van der Waals surface area (Å²) in [5.74, 6) is 0.151. The summed E-state index contributed by atoms with van der Waals surface area (Å²) in [6.07, 6.45) is -2.63. The van der Waals surface area contributed by atoms with E-state index in [2.05, 4.69) is 4.98 Å². The Balaban J connectivity index is 2.66. The normalized spacial score (nSPS) is 12.2. The molecule has 2 aromatic rings. The van der Waals surface area contributed by atoms with Gasteiger partial charge in [-0.1, -0.05) is 19.9 Å². The molecule has 0 aliphatic rings. The average Bonchev–Trinajstić information content (AvgIpc) is 2.70. The van der Waals surface area contributed by atoms with E-state index >= 15 is 0 Å². The summed E-state index contributed by atoms with van der Waals surface area (Å²) in [5.41, 5.74) is 0.854. The van der Waals surface area contributed by atoms with Crippen LogP contribution in [-0.4, -0.2) is 9.55 Å². The molecule has 1 N–H and O–H groups in total. The molecule has 0 radical (unpaired) electrons. The van der Waals surface area contributed by atoms with Gasteiger partial charge in [0.15, 0.2) is 4.77 Å². The number of aryl methyl sites for hydroxylation is 1. The van der Waals surface area contributed by atoms with E-state index in [1.807, 2.05) is 13.8 Å². The summed E-state index contributed by atoms with van der Waals surface area (Å²) in [5, 5.41) is 0. The Bertz CT molecular complexity index is 680. The monoisotopic (exact) mass is 300 g/mol. The van der Waals surface area contributed by atoms with Gasteiger partial charge in [0.25, 0.3) is 0 Å². The number of nitrogens with one attached hydrogen (secondary N) is 1. The predicted molar refractivity (Wildman–Crippen MR) is 74.8 cm³/mol. The van der Waals surface area contributed by atoms with Crippen molar-refractivity contribution in [3.63, 3.8) is 0 Å². The van der Waals surface area contributed by atoms with Crippen LogP contribution in [0.15, 0.2) is 24.4 Å². The van der Waals surface area contributed by atoms with E-state index in [1.54, 1.807) is 16.8 Å². The summed E-state index contributed by atoms with van der Waals surface area (Å²) in [7, 11) is 0. The van der Waals surface area contributed by atoms with Crippen molar-refractivity contribution in [3.05, 3.63) is 46.0 Å². The molecular formula is C14H15F3N2S. The van der Waals surface area contributed by atoms with E-state index in [4.69, 9.17) is 12.2 Å². The number of aromatic nitrogens is 2. The van der Waals surface area contributed by atoms with Crippen molar-refractivity contribution in [1.82, 2.24) is 9.55 Å². The van der Waals surface area contributed by atoms with E-state index in [9.17, 15) is 13.2 Å². The van der Waals surface area contributed by atoms with Gasteiger partial charge in [-0.25, -0.2) is 0 Å². The fraction of sp³-hybridized carbons (Fsp3) is 0.357. The Kier molecular flexibility index (Phi) is 3.77. The number of rotatable bonds is 2. The number of imidazole rings is 1. The standard InChI is InChI=1S/C14H15F3N2S/c1-8(2)12-7-18-13(20)19(12)10-5-4-9(3)11(6-10)14(15,16)17/h4-8H,1-3H3,(H,18,20). The first-order valence-electron chi connectivity index (χ1n) is 6.20. The maximum absolute atomic E-state index is 13.0. The summed E-state index contributed by atoms with van der Waals surface area (Å²) in [6, 6.07) is 4.27. The lowest BCUT2D eigenvalue weighted by Crippen LogP contribution is -2.10. The second-order valence-corrected chi connectivity index (χ2v) is 5.39. The van der Waals surface area contributed by atoms with Gasteiger partial charge >= 0.3 is 6.18 Å². The molecule has 20 heavy (non-hydrogen) atoms.